The molecule has 2 aliphatic rings. The maximum atomic E-state index is 12.6. The molecule has 0 radical (unpaired) electrons. The Morgan fingerprint density at radius 3 is 2.95 bits per heavy atom. The van der Waals surface area contributed by atoms with E-state index in [-0.39, 0.29) is 17.9 Å². The third-order valence-corrected chi connectivity index (χ3v) is 4.98. The van der Waals surface area contributed by atoms with Crippen molar-refractivity contribution < 1.29 is 9.53 Å². The van der Waals surface area contributed by atoms with Gasteiger partial charge in [-0.2, -0.15) is 0 Å². The quantitative estimate of drug-likeness (QED) is 0.933. The molecule has 4 heteroatoms. The summed E-state index contributed by atoms with van der Waals surface area (Å²) in [6, 6.07) is 6.39. The second-order valence-electron chi connectivity index (χ2n) is 6.62. The normalized spacial score (nSPS) is 25.4. The summed E-state index contributed by atoms with van der Waals surface area (Å²) in [7, 11) is 3.80. The first kappa shape index (κ1) is 15.3. The first-order chi connectivity index (χ1) is 10.7. The Morgan fingerprint density at radius 1 is 1.32 bits per heavy atom. The summed E-state index contributed by atoms with van der Waals surface area (Å²) in [6.07, 6.45) is 5.36. The Morgan fingerprint density at radius 2 is 2.18 bits per heavy atom. The minimum Gasteiger partial charge on any atom is -0.497 e. The van der Waals surface area contributed by atoms with E-state index < -0.39 is 0 Å². The van der Waals surface area contributed by atoms with Crippen LogP contribution in [0.1, 0.15) is 42.9 Å². The highest BCUT2D eigenvalue weighted by Gasteiger charge is 2.28. The molecule has 0 aromatic heterocycles. The molecule has 1 N–H and O–H groups in total. The Balaban J connectivity index is 1.70. The van der Waals surface area contributed by atoms with Crippen molar-refractivity contribution in [2.45, 2.75) is 38.1 Å². The van der Waals surface area contributed by atoms with Gasteiger partial charge in [0.2, 0.25) is 5.91 Å². The second kappa shape index (κ2) is 6.69. The highest BCUT2D eigenvalue weighted by molar-refractivity contribution is 5.79. The summed E-state index contributed by atoms with van der Waals surface area (Å²) in [5, 5.41) is 3.30. The highest BCUT2D eigenvalue weighted by Crippen LogP contribution is 2.32. The van der Waals surface area contributed by atoms with Gasteiger partial charge in [0.05, 0.1) is 19.1 Å². The molecule has 1 amide bonds. The Hall–Kier alpha value is -1.55. The van der Waals surface area contributed by atoms with E-state index in [1.165, 1.54) is 11.1 Å². The number of carbonyl (C=O) groups is 1. The number of nitrogens with zero attached hydrogens (tertiary/aromatic N) is 1. The number of rotatable bonds is 3. The van der Waals surface area contributed by atoms with Gasteiger partial charge >= 0.3 is 0 Å². The Labute approximate surface area is 132 Å². The van der Waals surface area contributed by atoms with Crippen molar-refractivity contribution in [2.75, 3.05) is 27.2 Å². The van der Waals surface area contributed by atoms with Gasteiger partial charge in [-0.25, -0.2) is 0 Å². The second-order valence-corrected chi connectivity index (χ2v) is 6.62. The van der Waals surface area contributed by atoms with Gasteiger partial charge in [0.15, 0.2) is 0 Å². The van der Waals surface area contributed by atoms with Gasteiger partial charge in [-0.3, -0.25) is 4.79 Å². The SMILES string of the molecule is COc1ccc2c(c1)CCC[C@H]2NC(=O)[C@H]1CCCN(C)C1. The predicted molar refractivity (Wildman–Crippen MR) is 87.0 cm³/mol. The molecule has 4 nitrogen and oxygen atoms in total. The van der Waals surface area contributed by atoms with Crippen LogP contribution in [0, 0.1) is 5.92 Å². The molecular formula is C18H26N2O2. The molecule has 3 rings (SSSR count). The molecule has 1 saturated heterocycles. The predicted octanol–water partition coefficient (Wildman–Crippen LogP) is 2.53. The number of aryl methyl sites for hydroxylation is 1. The number of benzene rings is 1. The number of piperidine rings is 1. The van der Waals surface area contributed by atoms with Crippen molar-refractivity contribution in [3.63, 3.8) is 0 Å². The standard InChI is InChI=1S/C18H26N2O2/c1-20-10-4-6-14(12-20)18(21)19-17-7-3-5-13-11-15(22-2)8-9-16(13)17/h8-9,11,14,17H,3-7,10,12H2,1-2H3,(H,19,21)/t14-,17+/m0/s1. The van der Waals surface area contributed by atoms with Gasteiger partial charge in [-0.15, -0.1) is 0 Å². The first-order valence-electron chi connectivity index (χ1n) is 8.33. The molecule has 1 heterocycles. The van der Waals surface area contributed by atoms with Crippen molar-refractivity contribution in [2.24, 2.45) is 5.92 Å². The smallest absolute Gasteiger partial charge is 0.224 e. The average Bonchev–Trinajstić information content (AvgIpc) is 2.54. The average molecular weight is 302 g/mol. The molecule has 0 unspecified atom stereocenters. The number of hydrogen-bond donors (Lipinski definition) is 1. The van der Waals surface area contributed by atoms with Crippen LogP contribution in [0.5, 0.6) is 5.75 Å². The summed E-state index contributed by atoms with van der Waals surface area (Å²) in [4.78, 5) is 14.8. The summed E-state index contributed by atoms with van der Waals surface area (Å²) in [5.74, 6) is 1.27. The molecular weight excluding hydrogens is 276 g/mol. The lowest BCUT2D eigenvalue weighted by atomic mass is 9.87. The molecule has 0 saturated carbocycles. The lowest BCUT2D eigenvalue weighted by molar-refractivity contribution is -0.127. The summed E-state index contributed by atoms with van der Waals surface area (Å²) in [6.45, 7) is 1.99. The molecule has 1 aromatic rings. The van der Waals surface area contributed by atoms with Gasteiger partial charge < -0.3 is 15.0 Å². The van der Waals surface area contributed by atoms with Crippen molar-refractivity contribution in [1.82, 2.24) is 10.2 Å². The fraction of sp³-hybridized carbons (Fsp3) is 0.611. The van der Waals surface area contributed by atoms with Crippen molar-refractivity contribution >= 4 is 5.91 Å². The van der Waals surface area contributed by atoms with E-state index in [9.17, 15) is 4.79 Å². The molecule has 1 fully saturated rings. The van der Waals surface area contributed by atoms with Crippen LogP contribution in [-0.2, 0) is 11.2 Å². The highest BCUT2D eigenvalue weighted by atomic mass is 16.5. The van der Waals surface area contributed by atoms with Crippen molar-refractivity contribution in [3.8, 4) is 5.75 Å². The van der Waals surface area contributed by atoms with Gasteiger partial charge in [-0.1, -0.05) is 6.07 Å². The third kappa shape index (κ3) is 3.27. The number of hydrogen-bond acceptors (Lipinski definition) is 3. The van der Waals surface area contributed by atoms with Gasteiger partial charge in [-0.05, 0) is 69.0 Å². The number of carbonyl (C=O) groups excluding carboxylic acids is 1. The number of methoxy groups -OCH3 is 1. The third-order valence-electron chi connectivity index (χ3n) is 4.98. The summed E-state index contributed by atoms with van der Waals surface area (Å²) < 4.78 is 5.31. The molecule has 2 atom stereocenters. The van der Waals surface area contributed by atoms with Crippen LogP contribution < -0.4 is 10.1 Å². The zero-order valence-corrected chi connectivity index (χ0v) is 13.6. The number of fused-ring (bicyclic) bond motifs is 1. The fourth-order valence-electron chi connectivity index (χ4n) is 3.74. The molecule has 120 valence electrons. The van der Waals surface area contributed by atoms with Gasteiger partial charge in [0.25, 0.3) is 0 Å². The van der Waals surface area contributed by atoms with Gasteiger partial charge in [0.1, 0.15) is 5.75 Å². The fourth-order valence-corrected chi connectivity index (χ4v) is 3.74. The molecule has 1 aliphatic heterocycles. The lowest BCUT2D eigenvalue weighted by Gasteiger charge is -2.32. The summed E-state index contributed by atoms with van der Waals surface area (Å²) in [5.41, 5.74) is 2.58. The molecule has 22 heavy (non-hydrogen) atoms. The topological polar surface area (TPSA) is 41.6 Å². The van der Waals surface area contributed by atoms with Crippen LogP contribution in [0.2, 0.25) is 0 Å². The van der Waals surface area contributed by atoms with Crippen molar-refractivity contribution in [1.29, 1.82) is 0 Å². The zero-order valence-electron chi connectivity index (χ0n) is 13.6. The van der Waals surface area contributed by atoms with E-state index >= 15 is 0 Å². The minimum atomic E-state index is 0.141. The first-order valence-corrected chi connectivity index (χ1v) is 8.33. The molecule has 0 spiro atoms. The van der Waals surface area contributed by atoms with E-state index in [1.54, 1.807) is 7.11 Å². The van der Waals surface area contributed by atoms with E-state index in [0.717, 1.165) is 50.9 Å². The van der Waals surface area contributed by atoms with E-state index in [4.69, 9.17) is 4.74 Å². The van der Waals surface area contributed by atoms with Gasteiger partial charge in [0, 0.05) is 6.54 Å². The lowest BCUT2D eigenvalue weighted by Crippen LogP contribution is -2.43. The van der Waals surface area contributed by atoms with Crippen LogP contribution >= 0.6 is 0 Å². The maximum Gasteiger partial charge on any atom is 0.224 e. The number of nitrogens with one attached hydrogen (secondary N) is 1. The van der Waals surface area contributed by atoms with Crippen molar-refractivity contribution in [3.05, 3.63) is 29.3 Å². The molecule has 0 bridgehead atoms. The van der Waals surface area contributed by atoms with Crippen LogP contribution in [0.4, 0.5) is 0 Å². The molecule has 1 aliphatic carbocycles. The van der Waals surface area contributed by atoms with Crippen LogP contribution in [0.15, 0.2) is 18.2 Å². The number of amides is 1. The Kier molecular flexibility index (Phi) is 4.67. The largest absolute Gasteiger partial charge is 0.497 e. The number of ether oxygens (including phenoxy) is 1. The monoisotopic (exact) mass is 302 g/mol. The van der Waals surface area contributed by atoms with Crippen LogP contribution in [0.25, 0.3) is 0 Å². The maximum absolute atomic E-state index is 12.6. The van der Waals surface area contributed by atoms with Crippen LogP contribution in [0.3, 0.4) is 0 Å². The zero-order chi connectivity index (χ0) is 15.5. The van der Waals surface area contributed by atoms with E-state index in [0.29, 0.717) is 0 Å². The molecule has 1 aromatic carbocycles. The van der Waals surface area contributed by atoms with Crippen LogP contribution in [-0.4, -0.2) is 38.1 Å². The Bertz CT molecular complexity index is 544. The van der Waals surface area contributed by atoms with E-state index in [1.807, 2.05) is 6.07 Å². The summed E-state index contributed by atoms with van der Waals surface area (Å²) >= 11 is 0. The van der Waals surface area contributed by atoms with E-state index in [2.05, 4.69) is 29.4 Å². The number of likely N-dealkylation sites (tertiary alicyclic amines) is 1. The minimum absolute atomic E-state index is 0.141.